The van der Waals surface area contributed by atoms with Gasteiger partial charge in [-0.05, 0) is 53.2 Å². The number of carbonyl (C=O) groups is 1. The fourth-order valence-corrected chi connectivity index (χ4v) is 3.84. The molecule has 0 unspecified atom stereocenters. The van der Waals surface area contributed by atoms with Gasteiger partial charge >= 0.3 is 0 Å². The van der Waals surface area contributed by atoms with Gasteiger partial charge < -0.3 is 19.3 Å². The number of anilines is 1. The van der Waals surface area contributed by atoms with Crippen molar-refractivity contribution in [1.82, 2.24) is 10.1 Å². The molecule has 5 rings (SSSR count). The summed E-state index contributed by atoms with van der Waals surface area (Å²) in [6.07, 6.45) is 0. The van der Waals surface area contributed by atoms with E-state index in [0.29, 0.717) is 39.9 Å². The Morgan fingerprint density at radius 3 is 2.74 bits per heavy atom. The van der Waals surface area contributed by atoms with E-state index in [1.807, 2.05) is 0 Å². The zero-order chi connectivity index (χ0) is 21.7. The number of hydrogen-bond acceptors (Lipinski definition) is 6. The normalized spacial score (nSPS) is 12.4. The average Bonchev–Trinajstić information content (AvgIpc) is 3.35. The van der Waals surface area contributed by atoms with Gasteiger partial charge in [0.2, 0.25) is 6.79 Å². The van der Waals surface area contributed by atoms with E-state index in [1.165, 1.54) is 0 Å². The van der Waals surface area contributed by atoms with Crippen molar-refractivity contribution in [2.24, 2.45) is 0 Å². The number of hydrogen-bond donors (Lipinski definition) is 1. The molecule has 0 radical (unpaired) electrons. The van der Waals surface area contributed by atoms with Crippen LogP contribution in [0.2, 0.25) is 0 Å². The number of ether oxygens (including phenoxy) is 2. The van der Waals surface area contributed by atoms with Gasteiger partial charge in [-0.3, -0.25) is 4.79 Å². The standard InChI is InChI=1S/C21H12BrF2N3O4/c1-9-4-12(20(28)26-19-13(22)6-11(23)7-14(19)24)17-18(27-31-21(17)25-9)10-2-3-15-16(5-10)30-8-29-15/h2-7H,8H2,1H3,(H,26,28). The van der Waals surface area contributed by atoms with Gasteiger partial charge in [-0.1, -0.05) is 5.16 Å². The van der Waals surface area contributed by atoms with Gasteiger partial charge in [-0.25, -0.2) is 13.8 Å². The number of carbonyl (C=O) groups excluding carboxylic acids is 1. The Bertz CT molecular complexity index is 1350. The molecular formula is C21H12BrF2N3O4. The van der Waals surface area contributed by atoms with Crippen molar-refractivity contribution in [2.45, 2.75) is 6.92 Å². The number of nitrogens with one attached hydrogen (secondary N) is 1. The van der Waals surface area contributed by atoms with Gasteiger partial charge in [0.05, 0.1) is 16.6 Å². The summed E-state index contributed by atoms with van der Waals surface area (Å²) >= 11 is 3.07. The topological polar surface area (TPSA) is 86.5 Å². The van der Waals surface area contributed by atoms with Crippen LogP contribution in [-0.2, 0) is 0 Å². The van der Waals surface area contributed by atoms with Crippen LogP contribution in [0.5, 0.6) is 11.5 Å². The number of aromatic nitrogens is 2. The Hall–Kier alpha value is -3.53. The zero-order valence-corrected chi connectivity index (χ0v) is 17.4. The van der Waals surface area contributed by atoms with Crippen molar-refractivity contribution in [3.63, 3.8) is 0 Å². The summed E-state index contributed by atoms with van der Waals surface area (Å²) in [4.78, 5) is 17.4. The third-order valence-electron chi connectivity index (χ3n) is 4.71. The average molecular weight is 488 g/mol. The van der Waals surface area contributed by atoms with E-state index in [2.05, 4.69) is 31.4 Å². The van der Waals surface area contributed by atoms with Gasteiger partial charge in [-0.2, -0.15) is 0 Å². The van der Waals surface area contributed by atoms with E-state index in [-0.39, 0.29) is 28.2 Å². The zero-order valence-electron chi connectivity index (χ0n) is 15.8. The molecule has 0 spiro atoms. The predicted molar refractivity (Wildman–Crippen MR) is 110 cm³/mol. The number of halogens is 3. The highest BCUT2D eigenvalue weighted by atomic mass is 79.9. The first-order valence-corrected chi connectivity index (χ1v) is 9.83. The van der Waals surface area contributed by atoms with Crippen molar-refractivity contribution in [1.29, 1.82) is 0 Å². The highest BCUT2D eigenvalue weighted by molar-refractivity contribution is 9.10. The maximum absolute atomic E-state index is 14.2. The van der Waals surface area contributed by atoms with Gasteiger partial charge in [0.25, 0.3) is 11.6 Å². The molecule has 4 aromatic rings. The van der Waals surface area contributed by atoms with Crippen molar-refractivity contribution in [3.05, 3.63) is 63.8 Å². The molecule has 0 saturated carbocycles. The van der Waals surface area contributed by atoms with Gasteiger partial charge in [-0.15, -0.1) is 0 Å². The number of aryl methyl sites for hydroxylation is 1. The fourth-order valence-electron chi connectivity index (χ4n) is 3.34. The van der Waals surface area contributed by atoms with Gasteiger partial charge in [0, 0.05) is 21.8 Å². The second kappa shape index (κ2) is 7.31. The Morgan fingerprint density at radius 2 is 1.94 bits per heavy atom. The maximum Gasteiger partial charge on any atom is 0.259 e. The van der Waals surface area contributed by atoms with Crippen LogP contribution in [0.3, 0.4) is 0 Å². The molecule has 0 saturated heterocycles. The maximum atomic E-state index is 14.2. The molecule has 0 atom stereocenters. The summed E-state index contributed by atoms with van der Waals surface area (Å²) in [6.45, 7) is 1.80. The lowest BCUT2D eigenvalue weighted by molar-refractivity contribution is 0.102. The summed E-state index contributed by atoms with van der Waals surface area (Å²) < 4.78 is 43.8. The van der Waals surface area contributed by atoms with Crippen LogP contribution in [0.15, 0.2) is 45.4 Å². The molecule has 31 heavy (non-hydrogen) atoms. The van der Waals surface area contributed by atoms with E-state index in [0.717, 1.165) is 6.07 Å². The van der Waals surface area contributed by atoms with E-state index in [4.69, 9.17) is 14.0 Å². The van der Waals surface area contributed by atoms with E-state index >= 15 is 0 Å². The monoisotopic (exact) mass is 487 g/mol. The molecule has 3 heterocycles. The first kappa shape index (κ1) is 19.4. The molecule has 1 aliphatic rings. The number of amides is 1. The Labute approximate surface area is 182 Å². The molecule has 0 aliphatic carbocycles. The number of fused-ring (bicyclic) bond motifs is 2. The van der Waals surface area contributed by atoms with E-state index in [1.54, 1.807) is 31.2 Å². The van der Waals surface area contributed by atoms with E-state index < -0.39 is 17.5 Å². The summed E-state index contributed by atoms with van der Waals surface area (Å²) in [5.74, 6) is -1.18. The quantitative estimate of drug-likeness (QED) is 0.426. The molecule has 156 valence electrons. The molecule has 2 aromatic heterocycles. The summed E-state index contributed by atoms with van der Waals surface area (Å²) in [5.41, 5.74) is 1.63. The van der Waals surface area contributed by atoms with Crippen molar-refractivity contribution >= 4 is 38.6 Å². The minimum Gasteiger partial charge on any atom is -0.454 e. The van der Waals surface area contributed by atoms with Crippen LogP contribution >= 0.6 is 15.9 Å². The van der Waals surface area contributed by atoms with Crippen molar-refractivity contribution < 1.29 is 27.6 Å². The smallest absolute Gasteiger partial charge is 0.259 e. The van der Waals surface area contributed by atoms with Crippen molar-refractivity contribution in [2.75, 3.05) is 12.1 Å². The Balaban J connectivity index is 1.62. The predicted octanol–water partition coefficient (Wildman–Crippen LogP) is 5.22. The summed E-state index contributed by atoms with van der Waals surface area (Å²) in [7, 11) is 0. The molecule has 2 aromatic carbocycles. The number of benzene rings is 2. The Kier molecular flexibility index (Phi) is 4.58. The third-order valence-corrected chi connectivity index (χ3v) is 5.34. The molecule has 0 fully saturated rings. The first-order valence-electron chi connectivity index (χ1n) is 9.03. The number of pyridine rings is 1. The highest BCUT2D eigenvalue weighted by Crippen LogP contribution is 2.38. The molecule has 0 bridgehead atoms. The van der Waals surface area contributed by atoms with Gasteiger partial charge in [0.1, 0.15) is 11.5 Å². The molecule has 10 heteroatoms. The summed E-state index contributed by atoms with van der Waals surface area (Å²) in [5, 5.41) is 6.91. The number of rotatable bonds is 3. The second-order valence-electron chi connectivity index (χ2n) is 6.79. The number of nitrogens with zero attached hydrogens (tertiary/aromatic N) is 2. The van der Waals surface area contributed by atoms with Crippen LogP contribution in [0.25, 0.3) is 22.4 Å². The molecular weight excluding hydrogens is 476 g/mol. The lowest BCUT2D eigenvalue weighted by Crippen LogP contribution is -2.15. The van der Waals surface area contributed by atoms with Crippen LogP contribution in [0.1, 0.15) is 16.1 Å². The van der Waals surface area contributed by atoms with Crippen LogP contribution < -0.4 is 14.8 Å². The highest BCUT2D eigenvalue weighted by Gasteiger charge is 2.24. The summed E-state index contributed by atoms with van der Waals surface area (Å²) in [6, 6.07) is 8.49. The molecule has 1 N–H and O–H groups in total. The fraction of sp³-hybridized carbons (Fsp3) is 0.0952. The van der Waals surface area contributed by atoms with Crippen LogP contribution in [0.4, 0.5) is 14.5 Å². The molecule has 1 aliphatic heterocycles. The van der Waals surface area contributed by atoms with Crippen LogP contribution in [0, 0.1) is 18.6 Å². The third kappa shape index (κ3) is 3.38. The minimum atomic E-state index is -0.913. The Morgan fingerprint density at radius 1 is 1.13 bits per heavy atom. The van der Waals surface area contributed by atoms with Gasteiger partial charge in [0.15, 0.2) is 17.3 Å². The van der Waals surface area contributed by atoms with Crippen molar-refractivity contribution in [3.8, 4) is 22.8 Å². The van der Waals surface area contributed by atoms with Crippen LogP contribution in [-0.4, -0.2) is 22.8 Å². The SMILES string of the molecule is Cc1cc(C(=O)Nc2c(F)cc(F)cc2Br)c2c(-c3ccc4c(c3)OCO4)noc2n1. The lowest BCUT2D eigenvalue weighted by atomic mass is 10.0. The lowest BCUT2D eigenvalue weighted by Gasteiger charge is -2.10. The largest absolute Gasteiger partial charge is 0.454 e. The first-order chi connectivity index (χ1) is 14.9. The minimum absolute atomic E-state index is 0.0710. The second-order valence-corrected chi connectivity index (χ2v) is 7.64. The van der Waals surface area contributed by atoms with E-state index in [9.17, 15) is 13.6 Å². The molecule has 7 nitrogen and oxygen atoms in total. The molecule has 1 amide bonds.